The molecule has 1 saturated heterocycles. The molecule has 1 aliphatic heterocycles. The molecule has 0 aliphatic carbocycles. The molecule has 0 radical (unpaired) electrons. The quantitative estimate of drug-likeness (QED) is 0.308. The number of nitrogens with zero attached hydrogens (tertiary/aromatic N) is 2. The number of likely N-dealkylation sites (tertiary alicyclic amines) is 1. The third-order valence-corrected chi connectivity index (χ3v) is 7.25. The Bertz CT molecular complexity index is 1320. The number of ether oxygens (including phenoxy) is 1. The summed E-state index contributed by atoms with van der Waals surface area (Å²) in [5.41, 5.74) is 0.989. The highest BCUT2D eigenvalue weighted by atomic mass is 19.4. The maximum Gasteiger partial charge on any atom is 0.473 e. The van der Waals surface area contributed by atoms with Gasteiger partial charge in [-0.25, -0.2) is 4.79 Å². The summed E-state index contributed by atoms with van der Waals surface area (Å²) >= 11 is 0. The van der Waals surface area contributed by atoms with Crippen LogP contribution in [0, 0.1) is 5.92 Å². The SMILES string of the molecule is CCOC(=O)[C@@H]1C[C@@H](Cc2ccccc2)/C(=N/C(=O)C(F)(F)F)N1CC(=O)c1cc(C(C)(C)C)c(O)c(C(C)(C)C)c1. The lowest BCUT2D eigenvalue weighted by molar-refractivity contribution is -0.169. The number of phenolic OH excluding ortho intramolecular Hbond substituents is 1. The Morgan fingerprint density at radius 3 is 2.00 bits per heavy atom. The van der Waals surface area contributed by atoms with Crippen LogP contribution in [0.25, 0.3) is 0 Å². The maximum absolute atomic E-state index is 13.9. The van der Waals surface area contributed by atoms with Gasteiger partial charge in [-0.1, -0.05) is 71.9 Å². The van der Waals surface area contributed by atoms with Crippen molar-refractivity contribution >= 4 is 23.5 Å². The van der Waals surface area contributed by atoms with E-state index < -0.39 is 53.2 Å². The van der Waals surface area contributed by atoms with Gasteiger partial charge in [0.2, 0.25) is 0 Å². The van der Waals surface area contributed by atoms with Crippen molar-refractivity contribution in [3.8, 4) is 5.75 Å². The van der Waals surface area contributed by atoms with Crippen LogP contribution >= 0.6 is 0 Å². The number of esters is 1. The first-order valence-corrected chi connectivity index (χ1v) is 13.9. The monoisotopic (exact) mass is 588 g/mol. The molecule has 1 N–H and O–H groups in total. The number of carbonyl (C=O) groups is 3. The zero-order chi connectivity index (χ0) is 31.6. The van der Waals surface area contributed by atoms with Gasteiger partial charge in [-0.15, -0.1) is 0 Å². The summed E-state index contributed by atoms with van der Waals surface area (Å²) in [6.07, 6.45) is -5.02. The molecule has 1 amide bonds. The van der Waals surface area contributed by atoms with Crippen molar-refractivity contribution in [2.75, 3.05) is 13.2 Å². The molecule has 42 heavy (non-hydrogen) atoms. The van der Waals surface area contributed by atoms with E-state index in [1.807, 2.05) is 41.5 Å². The highest BCUT2D eigenvalue weighted by Gasteiger charge is 2.46. The molecular formula is C32H39F3N2O5. The van der Waals surface area contributed by atoms with Crippen molar-refractivity contribution in [3.05, 3.63) is 64.7 Å². The van der Waals surface area contributed by atoms with E-state index in [1.54, 1.807) is 49.4 Å². The average molecular weight is 589 g/mol. The molecule has 3 rings (SSSR count). The first-order chi connectivity index (χ1) is 19.3. The van der Waals surface area contributed by atoms with Gasteiger partial charge in [-0.3, -0.25) is 9.59 Å². The molecule has 1 aliphatic rings. The van der Waals surface area contributed by atoms with E-state index in [0.29, 0.717) is 11.1 Å². The van der Waals surface area contributed by atoms with Gasteiger partial charge in [0.25, 0.3) is 0 Å². The molecule has 0 aromatic heterocycles. The topological polar surface area (TPSA) is 96.3 Å². The molecule has 0 spiro atoms. The molecule has 0 bridgehead atoms. The fourth-order valence-electron chi connectivity index (χ4n) is 5.13. The highest BCUT2D eigenvalue weighted by Crippen LogP contribution is 2.40. The van der Waals surface area contributed by atoms with E-state index in [1.165, 1.54) is 4.90 Å². The summed E-state index contributed by atoms with van der Waals surface area (Å²) in [4.78, 5) is 43.6. The molecule has 7 nitrogen and oxygen atoms in total. The molecule has 2 aromatic rings. The molecular weight excluding hydrogens is 549 g/mol. The van der Waals surface area contributed by atoms with Gasteiger partial charge < -0.3 is 14.7 Å². The van der Waals surface area contributed by atoms with Gasteiger partial charge >= 0.3 is 18.1 Å². The van der Waals surface area contributed by atoms with Crippen molar-refractivity contribution in [1.82, 2.24) is 4.90 Å². The summed E-state index contributed by atoms with van der Waals surface area (Å²) in [6, 6.07) is 10.9. The molecule has 0 unspecified atom stereocenters. The largest absolute Gasteiger partial charge is 0.507 e. The Morgan fingerprint density at radius 1 is 0.976 bits per heavy atom. The third kappa shape index (κ3) is 7.57. The normalized spacial score (nSPS) is 18.8. The highest BCUT2D eigenvalue weighted by molar-refractivity contribution is 6.05. The zero-order valence-electron chi connectivity index (χ0n) is 25.1. The van der Waals surface area contributed by atoms with Crippen LogP contribution in [0.15, 0.2) is 47.5 Å². The number of Topliss-reactive ketones (excluding diaryl/α,β-unsaturated/α-hetero) is 1. The minimum Gasteiger partial charge on any atom is -0.507 e. The van der Waals surface area contributed by atoms with Crippen molar-refractivity contribution in [1.29, 1.82) is 0 Å². The fraction of sp³-hybridized carbons (Fsp3) is 0.500. The first kappa shape index (κ1) is 32.8. The minimum absolute atomic E-state index is 0.0149. The fourth-order valence-corrected chi connectivity index (χ4v) is 5.13. The number of hydrogen-bond acceptors (Lipinski definition) is 5. The predicted molar refractivity (Wildman–Crippen MR) is 154 cm³/mol. The van der Waals surface area contributed by atoms with Crippen LogP contribution in [-0.2, 0) is 31.6 Å². The number of aliphatic imine (C=N–C) groups is 1. The van der Waals surface area contributed by atoms with Gasteiger partial charge in [0, 0.05) is 22.6 Å². The Balaban J connectivity index is 2.14. The number of hydrogen-bond donors (Lipinski definition) is 1. The molecule has 2 atom stereocenters. The maximum atomic E-state index is 13.9. The number of rotatable bonds is 7. The van der Waals surface area contributed by atoms with Crippen LogP contribution in [0.5, 0.6) is 5.75 Å². The Labute approximate surface area is 244 Å². The van der Waals surface area contributed by atoms with E-state index in [2.05, 4.69) is 4.99 Å². The molecule has 1 fully saturated rings. The summed E-state index contributed by atoms with van der Waals surface area (Å²) in [6.45, 7) is 12.5. The summed E-state index contributed by atoms with van der Waals surface area (Å²) < 4.78 is 45.4. The number of amidine groups is 1. The van der Waals surface area contributed by atoms with Gasteiger partial charge in [-0.05, 0) is 48.3 Å². The standard InChI is InChI=1S/C32H39F3N2O5/c1-8-42-28(40)24-17-21(14-19-12-10-9-11-13-19)27(36-29(41)32(33,34)35)37(24)18-25(38)20-15-22(30(2,3)4)26(39)23(16-20)31(5,6)7/h9-13,15-16,21,24,39H,8,14,17-18H2,1-7H3/b36-27-/t21-,24+/m1/s1. The zero-order valence-corrected chi connectivity index (χ0v) is 25.1. The number of aromatic hydroxyl groups is 1. The van der Waals surface area contributed by atoms with Crippen LogP contribution in [0.3, 0.4) is 0 Å². The van der Waals surface area contributed by atoms with Crippen LogP contribution in [-0.4, -0.2) is 58.9 Å². The molecule has 10 heteroatoms. The number of phenols is 1. The minimum atomic E-state index is -5.23. The van der Waals surface area contributed by atoms with Crippen LogP contribution in [0.1, 0.15) is 81.9 Å². The number of benzene rings is 2. The number of halogens is 3. The van der Waals surface area contributed by atoms with Gasteiger partial charge in [0.15, 0.2) is 5.78 Å². The van der Waals surface area contributed by atoms with Crippen LogP contribution in [0.4, 0.5) is 13.2 Å². The summed E-state index contributed by atoms with van der Waals surface area (Å²) in [5, 5.41) is 11.1. The Kier molecular flexibility index (Phi) is 9.59. The number of amides is 1. The second-order valence-electron chi connectivity index (χ2n) is 12.6. The van der Waals surface area contributed by atoms with Gasteiger partial charge in [0.1, 0.15) is 17.6 Å². The Morgan fingerprint density at radius 2 is 1.52 bits per heavy atom. The second-order valence-corrected chi connectivity index (χ2v) is 12.6. The van der Waals surface area contributed by atoms with Crippen LogP contribution < -0.4 is 0 Å². The summed E-state index contributed by atoms with van der Waals surface area (Å²) in [5.74, 6) is -4.50. The smallest absolute Gasteiger partial charge is 0.473 e. The van der Waals surface area contributed by atoms with E-state index >= 15 is 0 Å². The van der Waals surface area contributed by atoms with E-state index in [0.717, 1.165) is 5.56 Å². The van der Waals surface area contributed by atoms with Gasteiger partial charge in [-0.2, -0.15) is 18.2 Å². The van der Waals surface area contributed by atoms with Crippen molar-refractivity contribution < 1.29 is 37.4 Å². The number of ketones is 1. The number of carbonyl (C=O) groups excluding carboxylic acids is 3. The van der Waals surface area contributed by atoms with E-state index in [9.17, 15) is 32.7 Å². The lowest BCUT2D eigenvalue weighted by Gasteiger charge is -2.29. The molecule has 0 saturated carbocycles. The molecule has 2 aromatic carbocycles. The van der Waals surface area contributed by atoms with Crippen LogP contribution in [0.2, 0.25) is 0 Å². The van der Waals surface area contributed by atoms with E-state index in [-0.39, 0.29) is 36.6 Å². The average Bonchev–Trinajstić information content (AvgIpc) is 3.19. The first-order valence-electron chi connectivity index (χ1n) is 13.9. The lowest BCUT2D eigenvalue weighted by atomic mass is 9.78. The third-order valence-electron chi connectivity index (χ3n) is 7.25. The molecule has 1 heterocycles. The van der Waals surface area contributed by atoms with Crippen molar-refractivity contribution in [3.63, 3.8) is 0 Å². The van der Waals surface area contributed by atoms with Gasteiger partial charge in [0.05, 0.1) is 13.2 Å². The second kappa shape index (κ2) is 12.3. The summed E-state index contributed by atoms with van der Waals surface area (Å²) in [7, 11) is 0. The number of alkyl halides is 3. The van der Waals surface area contributed by atoms with E-state index in [4.69, 9.17) is 4.74 Å². The Hall–Kier alpha value is -3.69. The lowest BCUT2D eigenvalue weighted by Crippen LogP contribution is -2.44. The van der Waals surface area contributed by atoms with Crippen molar-refractivity contribution in [2.45, 2.75) is 84.4 Å². The van der Waals surface area contributed by atoms with Crippen molar-refractivity contribution in [2.24, 2.45) is 10.9 Å². The molecule has 228 valence electrons. The predicted octanol–water partition coefficient (Wildman–Crippen LogP) is 6.15.